The molecular formula is C17H16N4O. The molecule has 0 aliphatic heterocycles. The standard InChI is InChI=1S/C17H16N4O/c1-11-15(14-7-2-3-8-16(14)20-11)10-19-21-17(22)12-5-4-6-13(18)9-12/h2-10,20H,18H2,1H3,(H,21,22)/b19-10-. The van der Waals surface area contributed by atoms with E-state index in [4.69, 9.17) is 5.73 Å². The molecule has 1 heterocycles. The number of para-hydroxylation sites is 1. The molecule has 0 saturated heterocycles. The third-order valence-electron chi connectivity index (χ3n) is 3.45. The summed E-state index contributed by atoms with van der Waals surface area (Å²) >= 11 is 0. The van der Waals surface area contributed by atoms with Crippen LogP contribution < -0.4 is 11.2 Å². The SMILES string of the molecule is Cc1[nH]c2ccccc2c1/C=N\NC(=O)c1cccc(N)c1. The highest BCUT2D eigenvalue weighted by Gasteiger charge is 2.06. The molecule has 5 heteroatoms. The van der Waals surface area contributed by atoms with Crippen molar-refractivity contribution in [1.82, 2.24) is 10.4 Å². The third kappa shape index (κ3) is 2.69. The van der Waals surface area contributed by atoms with E-state index in [2.05, 4.69) is 15.5 Å². The smallest absolute Gasteiger partial charge is 0.271 e. The number of aromatic nitrogens is 1. The molecule has 0 radical (unpaired) electrons. The lowest BCUT2D eigenvalue weighted by Crippen LogP contribution is -2.17. The van der Waals surface area contributed by atoms with Gasteiger partial charge in [0, 0.05) is 33.4 Å². The highest BCUT2D eigenvalue weighted by molar-refractivity contribution is 6.01. The molecule has 3 aromatic rings. The second kappa shape index (κ2) is 5.73. The number of rotatable bonds is 3. The van der Waals surface area contributed by atoms with Gasteiger partial charge in [0.2, 0.25) is 0 Å². The van der Waals surface area contributed by atoms with Crippen LogP contribution in [0.15, 0.2) is 53.6 Å². The van der Waals surface area contributed by atoms with Crippen LogP contribution in [0.1, 0.15) is 21.6 Å². The number of nitrogens with zero attached hydrogens (tertiary/aromatic N) is 1. The Hall–Kier alpha value is -3.08. The number of aromatic amines is 1. The number of benzene rings is 2. The van der Waals surface area contributed by atoms with Crippen molar-refractivity contribution in [2.24, 2.45) is 5.10 Å². The van der Waals surface area contributed by atoms with Crippen molar-refractivity contribution in [3.63, 3.8) is 0 Å². The van der Waals surface area contributed by atoms with Crippen LogP contribution in [-0.2, 0) is 0 Å². The first-order chi connectivity index (χ1) is 10.6. The minimum Gasteiger partial charge on any atom is -0.399 e. The summed E-state index contributed by atoms with van der Waals surface area (Å²) < 4.78 is 0. The van der Waals surface area contributed by atoms with Crippen LogP contribution in [-0.4, -0.2) is 17.1 Å². The monoisotopic (exact) mass is 292 g/mol. The number of nitrogens with one attached hydrogen (secondary N) is 2. The third-order valence-corrected chi connectivity index (χ3v) is 3.45. The van der Waals surface area contributed by atoms with Crippen LogP contribution >= 0.6 is 0 Å². The highest BCUT2D eigenvalue weighted by atomic mass is 16.2. The van der Waals surface area contributed by atoms with Crippen LogP contribution in [0, 0.1) is 6.92 Å². The molecule has 0 saturated carbocycles. The topological polar surface area (TPSA) is 83.3 Å². The van der Waals surface area contributed by atoms with Crippen molar-refractivity contribution in [1.29, 1.82) is 0 Å². The lowest BCUT2D eigenvalue weighted by atomic mass is 10.1. The molecule has 3 rings (SSSR count). The zero-order valence-electron chi connectivity index (χ0n) is 12.1. The maximum Gasteiger partial charge on any atom is 0.271 e. The summed E-state index contributed by atoms with van der Waals surface area (Å²) in [5.74, 6) is -0.291. The number of fused-ring (bicyclic) bond motifs is 1. The van der Waals surface area contributed by atoms with Crippen LogP contribution in [0.5, 0.6) is 0 Å². The van der Waals surface area contributed by atoms with E-state index in [0.29, 0.717) is 11.3 Å². The Morgan fingerprint density at radius 1 is 1.23 bits per heavy atom. The summed E-state index contributed by atoms with van der Waals surface area (Å²) in [5.41, 5.74) is 12.2. The molecule has 0 unspecified atom stereocenters. The second-order valence-electron chi connectivity index (χ2n) is 5.03. The molecule has 22 heavy (non-hydrogen) atoms. The fourth-order valence-electron chi connectivity index (χ4n) is 2.36. The van der Waals surface area contributed by atoms with Crippen LogP contribution in [0.4, 0.5) is 5.69 Å². The van der Waals surface area contributed by atoms with E-state index < -0.39 is 0 Å². The first-order valence-electron chi connectivity index (χ1n) is 6.91. The summed E-state index contributed by atoms with van der Waals surface area (Å²) in [6.07, 6.45) is 1.65. The van der Waals surface area contributed by atoms with Crippen LogP contribution in [0.2, 0.25) is 0 Å². The average Bonchev–Trinajstić information content (AvgIpc) is 2.83. The van der Waals surface area contributed by atoms with Crippen molar-refractivity contribution in [3.05, 3.63) is 65.4 Å². The minimum absolute atomic E-state index is 0.291. The summed E-state index contributed by atoms with van der Waals surface area (Å²) in [4.78, 5) is 15.3. The van der Waals surface area contributed by atoms with Gasteiger partial charge in [0.25, 0.3) is 5.91 Å². The Kier molecular flexibility index (Phi) is 3.62. The summed E-state index contributed by atoms with van der Waals surface area (Å²) in [6, 6.07) is 14.7. The number of carbonyl (C=O) groups is 1. The van der Waals surface area contributed by atoms with Crippen molar-refractivity contribution >= 4 is 28.7 Å². The van der Waals surface area contributed by atoms with Gasteiger partial charge < -0.3 is 10.7 Å². The maximum atomic E-state index is 12.0. The summed E-state index contributed by atoms with van der Waals surface area (Å²) in [7, 11) is 0. The van der Waals surface area contributed by atoms with Gasteiger partial charge in [-0.2, -0.15) is 5.10 Å². The fourth-order valence-corrected chi connectivity index (χ4v) is 2.36. The van der Waals surface area contributed by atoms with E-state index in [0.717, 1.165) is 22.2 Å². The number of nitrogens with two attached hydrogens (primary N) is 1. The van der Waals surface area contributed by atoms with Gasteiger partial charge in [-0.3, -0.25) is 4.79 Å². The van der Waals surface area contributed by atoms with Gasteiger partial charge >= 0.3 is 0 Å². The molecule has 5 nitrogen and oxygen atoms in total. The van der Waals surface area contributed by atoms with Gasteiger partial charge in [0.1, 0.15) is 0 Å². The number of hydrazone groups is 1. The average molecular weight is 292 g/mol. The maximum absolute atomic E-state index is 12.0. The Bertz CT molecular complexity index is 864. The second-order valence-corrected chi connectivity index (χ2v) is 5.03. The molecule has 0 fully saturated rings. The first-order valence-corrected chi connectivity index (χ1v) is 6.91. The zero-order chi connectivity index (χ0) is 15.5. The molecular weight excluding hydrogens is 276 g/mol. The van der Waals surface area contributed by atoms with Gasteiger partial charge in [-0.15, -0.1) is 0 Å². The number of amides is 1. The van der Waals surface area contributed by atoms with E-state index in [9.17, 15) is 4.79 Å². The largest absolute Gasteiger partial charge is 0.399 e. The number of carbonyl (C=O) groups excluding carboxylic acids is 1. The van der Waals surface area contributed by atoms with Gasteiger partial charge in [-0.05, 0) is 31.2 Å². The predicted molar refractivity (Wildman–Crippen MR) is 89.0 cm³/mol. The molecule has 1 aromatic heterocycles. The van der Waals surface area contributed by atoms with E-state index >= 15 is 0 Å². The van der Waals surface area contributed by atoms with Crippen molar-refractivity contribution < 1.29 is 4.79 Å². The Balaban J connectivity index is 1.79. The van der Waals surface area contributed by atoms with Gasteiger partial charge in [0.15, 0.2) is 0 Å². The molecule has 0 atom stereocenters. The van der Waals surface area contributed by atoms with E-state index in [1.165, 1.54) is 0 Å². The number of hydrogen-bond donors (Lipinski definition) is 3. The fraction of sp³-hybridized carbons (Fsp3) is 0.0588. The van der Waals surface area contributed by atoms with Crippen molar-refractivity contribution in [2.75, 3.05) is 5.73 Å². The van der Waals surface area contributed by atoms with Crippen LogP contribution in [0.25, 0.3) is 10.9 Å². The van der Waals surface area contributed by atoms with Crippen LogP contribution in [0.3, 0.4) is 0 Å². The lowest BCUT2D eigenvalue weighted by Gasteiger charge is -2.00. The Labute approximate surface area is 127 Å². The molecule has 0 spiro atoms. The number of anilines is 1. The van der Waals surface area contributed by atoms with Gasteiger partial charge in [-0.1, -0.05) is 24.3 Å². The summed E-state index contributed by atoms with van der Waals surface area (Å²) in [5, 5.41) is 5.12. The van der Waals surface area contributed by atoms with Gasteiger partial charge in [0.05, 0.1) is 6.21 Å². The van der Waals surface area contributed by atoms with E-state index in [1.54, 1.807) is 30.5 Å². The van der Waals surface area contributed by atoms with E-state index in [1.807, 2.05) is 31.2 Å². The van der Waals surface area contributed by atoms with E-state index in [-0.39, 0.29) is 5.91 Å². The minimum atomic E-state index is -0.291. The van der Waals surface area contributed by atoms with Crippen molar-refractivity contribution in [2.45, 2.75) is 6.92 Å². The zero-order valence-corrected chi connectivity index (χ0v) is 12.1. The number of aryl methyl sites for hydroxylation is 1. The molecule has 2 aromatic carbocycles. The lowest BCUT2D eigenvalue weighted by molar-refractivity contribution is 0.0955. The number of H-pyrrole nitrogens is 1. The molecule has 0 aliphatic carbocycles. The number of nitrogen functional groups attached to an aromatic ring is 1. The molecule has 1 amide bonds. The normalized spacial score (nSPS) is 11.1. The first kappa shape index (κ1) is 13.9. The highest BCUT2D eigenvalue weighted by Crippen LogP contribution is 2.19. The summed E-state index contributed by atoms with van der Waals surface area (Å²) in [6.45, 7) is 1.97. The predicted octanol–water partition coefficient (Wildman–Crippen LogP) is 2.82. The molecule has 110 valence electrons. The Morgan fingerprint density at radius 2 is 2.05 bits per heavy atom. The number of hydrogen-bond acceptors (Lipinski definition) is 3. The Morgan fingerprint density at radius 3 is 2.86 bits per heavy atom. The van der Waals surface area contributed by atoms with Gasteiger partial charge in [-0.25, -0.2) is 5.43 Å². The van der Waals surface area contributed by atoms with Crippen molar-refractivity contribution in [3.8, 4) is 0 Å². The molecule has 0 aliphatic rings. The molecule has 4 N–H and O–H groups in total. The molecule has 0 bridgehead atoms. The quantitative estimate of drug-likeness (QED) is 0.394.